The highest BCUT2D eigenvalue weighted by molar-refractivity contribution is 7.90. The molecule has 3 heterocycles. The summed E-state index contributed by atoms with van der Waals surface area (Å²) in [5, 5.41) is 11.8. The summed E-state index contributed by atoms with van der Waals surface area (Å²) in [5.74, 6) is 0. The van der Waals surface area contributed by atoms with Gasteiger partial charge in [0.25, 0.3) is 10.0 Å². The van der Waals surface area contributed by atoms with E-state index in [0.717, 1.165) is 15.8 Å². The van der Waals surface area contributed by atoms with E-state index in [1.54, 1.807) is 29.3 Å². The van der Waals surface area contributed by atoms with Crippen LogP contribution in [0.4, 0.5) is 4.79 Å². The Balaban J connectivity index is 1.63. The highest BCUT2D eigenvalue weighted by Crippen LogP contribution is 2.31. The Labute approximate surface area is 227 Å². The van der Waals surface area contributed by atoms with Crippen LogP contribution in [-0.4, -0.2) is 64.3 Å². The van der Waals surface area contributed by atoms with Crippen molar-refractivity contribution in [3.05, 3.63) is 59.3 Å². The minimum atomic E-state index is -4.08. The van der Waals surface area contributed by atoms with Crippen LogP contribution < -0.4 is 5.32 Å². The van der Waals surface area contributed by atoms with Crippen molar-refractivity contribution in [2.75, 3.05) is 13.1 Å². The number of nitrogens with zero attached hydrogens (tertiary/aromatic N) is 4. The van der Waals surface area contributed by atoms with Gasteiger partial charge in [0.2, 0.25) is 0 Å². The van der Waals surface area contributed by atoms with Crippen LogP contribution in [0.15, 0.2) is 47.8 Å². The predicted octanol–water partition coefficient (Wildman–Crippen LogP) is 4.61. The maximum atomic E-state index is 13.8. The first-order chi connectivity index (χ1) is 17.9. The lowest BCUT2D eigenvalue weighted by Crippen LogP contribution is -2.45. The lowest BCUT2D eigenvalue weighted by Gasteiger charge is -2.33. The Kier molecular flexibility index (Phi) is 7.80. The highest BCUT2D eigenvalue weighted by Gasteiger charge is 2.28. The summed E-state index contributed by atoms with van der Waals surface area (Å²) in [4.78, 5) is 22.3. The fourth-order valence-electron chi connectivity index (χ4n) is 4.17. The molecule has 0 radical (unpaired) electrons. The van der Waals surface area contributed by atoms with E-state index in [4.69, 9.17) is 21.7 Å². The van der Waals surface area contributed by atoms with Crippen LogP contribution in [0.1, 0.15) is 44.9 Å². The number of allylic oxidation sites excluding steroid dienone is 1. The number of carbonyl (C=O) groups excluding carboxylic acids is 1. The van der Waals surface area contributed by atoms with E-state index in [1.165, 1.54) is 18.5 Å². The first kappa shape index (κ1) is 27.6. The predicted molar refractivity (Wildman–Crippen MR) is 147 cm³/mol. The van der Waals surface area contributed by atoms with Crippen LogP contribution in [0.2, 0.25) is 5.15 Å². The van der Waals surface area contributed by atoms with Crippen LogP contribution in [-0.2, 0) is 14.8 Å². The molecule has 10 nitrogen and oxygen atoms in total. The van der Waals surface area contributed by atoms with Crippen LogP contribution in [0.25, 0.3) is 16.6 Å². The number of halogens is 1. The zero-order valence-electron chi connectivity index (χ0n) is 21.7. The van der Waals surface area contributed by atoms with E-state index >= 15 is 0 Å². The number of amides is 1. The maximum Gasteiger partial charge on any atom is 0.410 e. The molecular formula is C26H31ClN6O4S. The highest BCUT2D eigenvalue weighted by atomic mass is 35.5. The molecule has 0 spiro atoms. The number of carbonyl (C=O) groups is 1. The van der Waals surface area contributed by atoms with Gasteiger partial charge in [-0.15, -0.1) is 0 Å². The Morgan fingerprint density at radius 2 is 1.84 bits per heavy atom. The molecule has 0 atom stereocenters. The van der Waals surface area contributed by atoms with E-state index in [9.17, 15) is 13.2 Å². The van der Waals surface area contributed by atoms with Crippen LogP contribution in [0.5, 0.6) is 0 Å². The molecule has 1 saturated heterocycles. The largest absolute Gasteiger partial charge is 0.444 e. The molecule has 0 saturated carbocycles. The summed E-state index contributed by atoms with van der Waals surface area (Å²) in [6, 6.07) is 8.12. The second kappa shape index (κ2) is 10.7. The van der Waals surface area contributed by atoms with E-state index < -0.39 is 15.6 Å². The molecule has 0 unspecified atom stereocenters. The van der Waals surface area contributed by atoms with Crippen molar-refractivity contribution in [3.8, 4) is 0 Å². The summed E-state index contributed by atoms with van der Waals surface area (Å²) >= 11 is 6.29. The number of fused-ring (bicyclic) bond motifs is 1. The fraction of sp³-hybridized carbons (Fsp3) is 0.385. The van der Waals surface area contributed by atoms with E-state index in [1.807, 2.05) is 27.7 Å². The Hall–Kier alpha value is -3.44. The molecule has 0 bridgehead atoms. The third-order valence-corrected chi connectivity index (χ3v) is 8.16. The molecule has 4 rings (SSSR count). The molecule has 1 aliphatic rings. The van der Waals surface area contributed by atoms with Crippen molar-refractivity contribution in [2.45, 2.75) is 57.1 Å². The van der Waals surface area contributed by atoms with Gasteiger partial charge in [0.15, 0.2) is 5.65 Å². The minimum Gasteiger partial charge on any atom is -0.444 e. The van der Waals surface area contributed by atoms with Gasteiger partial charge in [-0.25, -0.2) is 27.2 Å². The average molecular weight is 559 g/mol. The number of aryl methyl sites for hydroxylation is 1. The van der Waals surface area contributed by atoms with Crippen molar-refractivity contribution in [1.29, 1.82) is 5.41 Å². The average Bonchev–Trinajstić information content (AvgIpc) is 3.26. The van der Waals surface area contributed by atoms with E-state index in [-0.39, 0.29) is 33.5 Å². The molecule has 2 aromatic heterocycles. The lowest BCUT2D eigenvalue weighted by molar-refractivity contribution is 0.0201. The zero-order valence-corrected chi connectivity index (χ0v) is 23.3. The van der Waals surface area contributed by atoms with Crippen LogP contribution >= 0.6 is 11.6 Å². The molecule has 1 fully saturated rings. The molecule has 3 aromatic rings. The van der Waals surface area contributed by atoms with Crippen LogP contribution in [0.3, 0.4) is 0 Å². The van der Waals surface area contributed by atoms with Crippen molar-refractivity contribution in [1.82, 2.24) is 24.2 Å². The molecule has 202 valence electrons. The number of benzene rings is 1. The SMILES string of the molecule is Cc1ccc(S(=O)(=O)n2c(/C(C=N)=C/NC3CCN(C(=O)OC(C)(C)C)CC3)cc3c(Cl)ncnc32)cc1. The summed E-state index contributed by atoms with van der Waals surface area (Å²) in [7, 11) is -4.08. The normalized spacial score (nSPS) is 15.5. The number of rotatable bonds is 6. The van der Waals surface area contributed by atoms with Gasteiger partial charge in [0.05, 0.1) is 16.0 Å². The standard InChI is InChI=1S/C26H31ClN6O4S/c1-17-5-7-20(8-6-17)38(35,36)33-22(13-21-23(27)30-16-31-24(21)33)18(14-28)15-29-19-9-11-32(12-10-19)25(34)37-26(2,3)4/h5-8,13-16,19,28-29H,9-12H2,1-4H3/b18-15+,28-14?. The summed E-state index contributed by atoms with van der Waals surface area (Å²) in [6.45, 7) is 8.42. The van der Waals surface area contributed by atoms with Gasteiger partial charge in [-0.1, -0.05) is 29.3 Å². The Morgan fingerprint density at radius 1 is 1.18 bits per heavy atom. The van der Waals surface area contributed by atoms with Crippen molar-refractivity contribution in [3.63, 3.8) is 0 Å². The summed E-state index contributed by atoms with van der Waals surface area (Å²) in [6.07, 6.45) is 4.92. The van der Waals surface area contributed by atoms with Crippen molar-refractivity contribution >= 4 is 50.5 Å². The monoisotopic (exact) mass is 558 g/mol. The topological polar surface area (TPSA) is 130 Å². The second-order valence-corrected chi connectivity index (χ2v) is 12.3. The first-order valence-electron chi connectivity index (χ1n) is 12.2. The fourth-order valence-corrected chi connectivity index (χ4v) is 5.84. The number of aromatic nitrogens is 3. The number of hydrogen-bond acceptors (Lipinski definition) is 8. The number of ether oxygens (including phenoxy) is 1. The van der Waals surface area contributed by atoms with Gasteiger partial charge >= 0.3 is 6.09 Å². The van der Waals surface area contributed by atoms with E-state index in [2.05, 4.69) is 15.3 Å². The molecule has 1 aliphatic heterocycles. The molecule has 38 heavy (non-hydrogen) atoms. The minimum absolute atomic E-state index is 0.0264. The third kappa shape index (κ3) is 5.83. The molecule has 1 amide bonds. The lowest BCUT2D eigenvalue weighted by atomic mass is 10.1. The third-order valence-electron chi connectivity index (χ3n) is 6.14. The smallest absolute Gasteiger partial charge is 0.410 e. The number of hydrogen-bond donors (Lipinski definition) is 2. The molecule has 1 aromatic carbocycles. The Bertz CT molecular complexity index is 1480. The molecular weight excluding hydrogens is 528 g/mol. The molecule has 2 N–H and O–H groups in total. The van der Waals surface area contributed by atoms with Crippen LogP contribution in [0, 0.1) is 12.3 Å². The first-order valence-corrected chi connectivity index (χ1v) is 14.0. The number of nitrogens with one attached hydrogen (secondary N) is 2. The van der Waals surface area contributed by atoms with Crippen molar-refractivity contribution < 1.29 is 17.9 Å². The number of piperidine rings is 1. The van der Waals surface area contributed by atoms with Gasteiger partial charge < -0.3 is 20.4 Å². The van der Waals surface area contributed by atoms with Gasteiger partial charge in [-0.3, -0.25) is 0 Å². The van der Waals surface area contributed by atoms with Gasteiger partial charge in [-0.2, -0.15) is 0 Å². The number of likely N-dealkylation sites (tertiary alicyclic amines) is 1. The zero-order chi connectivity index (χ0) is 27.7. The summed E-state index contributed by atoms with van der Waals surface area (Å²) < 4.78 is 34.1. The van der Waals surface area contributed by atoms with Gasteiger partial charge in [-0.05, 0) is 58.7 Å². The molecule has 0 aliphatic carbocycles. The molecule has 12 heteroatoms. The Morgan fingerprint density at radius 3 is 2.45 bits per heavy atom. The van der Waals surface area contributed by atoms with E-state index in [0.29, 0.717) is 36.9 Å². The van der Waals surface area contributed by atoms with Gasteiger partial charge in [0.1, 0.15) is 17.1 Å². The van der Waals surface area contributed by atoms with Crippen molar-refractivity contribution in [2.24, 2.45) is 0 Å². The maximum absolute atomic E-state index is 13.8. The second-order valence-electron chi connectivity index (χ2n) is 10.2. The quantitative estimate of drug-likeness (QED) is 0.334. The van der Waals surface area contributed by atoms with Gasteiger partial charge in [0, 0.05) is 37.1 Å². The summed E-state index contributed by atoms with van der Waals surface area (Å²) in [5.41, 5.74) is 1.05.